The second-order valence-electron chi connectivity index (χ2n) is 4.28. The number of hydrogen-bond donors (Lipinski definition) is 0. The van der Waals surface area contributed by atoms with E-state index in [0.29, 0.717) is 19.4 Å². The molecule has 0 aliphatic carbocycles. The molecule has 0 aromatic carbocycles. The van der Waals surface area contributed by atoms with Crippen LogP contribution in [0.3, 0.4) is 0 Å². The Morgan fingerprint density at radius 1 is 1.44 bits per heavy atom. The highest BCUT2D eigenvalue weighted by molar-refractivity contribution is 5.70. The molecule has 0 aromatic rings. The van der Waals surface area contributed by atoms with E-state index >= 15 is 0 Å². The first kappa shape index (κ1) is 15.1. The fourth-order valence-corrected chi connectivity index (χ4v) is 1.70. The molecular weight excluding hydrogens is 240 g/mol. The predicted octanol–water partition coefficient (Wildman–Crippen LogP) is 0.675. The molecule has 1 saturated heterocycles. The van der Waals surface area contributed by atoms with Crippen molar-refractivity contribution in [1.82, 2.24) is 0 Å². The maximum Gasteiger partial charge on any atom is 0.331 e. The monoisotopic (exact) mass is 260 g/mol. The average molecular weight is 260 g/mol. The molecule has 1 heterocycles. The molecule has 1 rings (SSSR count). The molecule has 104 valence electrons. The lowest BCUT2D eigenvalue weighted by atomic mass is 10.2. The molecule has 0 bridgehead atoms. The number of esters is 1. The van der Waals surface area contributed by atoms with Gasteiger partial charge in [-0.3, -0.25) is 0 Å². The summed E-state index contributed by atoms with van der Waals surface area (Å²) in [5, 5.41) is 0. The van der Waals surface area contributed by atoms with Crippen LogP contribution in [0.1, 0.15) is 26.7 Å². The minimum atomic E-state index is -0.710. The second kappa shape index (κ2) is 6.82. The SMILES string of the molecule is CCC1(C)O[C@@H](CCOCC(=O)OC)[C@@H](C=O)O1. The van der Waals surface area contributed by atoms with E-state index in [1.54, 1.807) is 6.92 Å². The van der Waals surface area contributed by atoms with Gasteiger partial charge in [0.05, 0.1) is 13.2 Å². The van der Waals surface area contributed by atoms with Crippen molar-refractivity contribution < 1.29 is 28.5 Å². The van der Waals surface area contributed by atoms with Crippen LogP contribution in [-0.4, -0.2) is 50.6 Å². The van der Waals surface area contributed by atoms with Crippen molar-refractivity contribution in [2.75, 3.05) is 20.3 Å². The standard InChI is InChI=1S/C12H20O6/c1-4-12(2)17-9(10(7-13)18-12)5-6-16-8-11(14)15-3/h7,9-10H,4-6,8H2,1-3H3/t9-,10+,12?/m0/s1. The van der Waals surface area contributed by atoms with Gasteiger partial charge in [0.2, 0.25) is 0 Å². The summed E-state index contributed by atoms with van der Waals surface area (Å²) in [6.07, 6.45) is 1.00. The number of carbonyl (C=O) groups excluding carboxylic acids is 2. The number of hydrogen-bond acceptors (Lipinski definition) is 6. The van der Waals surface area contributed by atoms with Gasteiger partial charge >= 0.3 is 5.97 Å². The summed E-state index contributed by atoms with van der Waals surface area (Å²) >= 11 is 0. The highest BCUT2D eigenvalue weighted by atomic mass is 16.8. The number of carbonyl (C=O) groups is 2. The average Bonchev–Trinajstić information content (AvgIpc) is 2.71. The van der Waals surface area contributed by atoms with Gasteiger partial charge in [-0.05, 0) is 13.3 Å². The molecule has 6 nitrogen and oxygen atoms in total. The van der Waals surface area contributed by atoms with Crippen LogP contribution in [0.2, 0.25) is 0 Å². The zero-order valence-corrected chi connectivity index (χ0v) is 11.0. The molecular formula is C12H20O6. The molecule has 1 fully saturated rings. The van der Waals surface area contributed by atoms with Crippen molar-refractivity contribution in [1.29, 1.82) is 0 Å². The van der Waals surface area contributed by atoms with Gasteiger partial charge in [0.15, 0.2) is 12.1 Å². The molecule has 0 amide bonds. The third kappa shape index (κ3) is 4.04. The first-order valence-electron chi connectivity index (χ1n) is 6.00. The predicted molar refractivity (Wildman–Crippen MR) is 62.0 cm³/mol. The van der Waals surface area contributed by atoms with Crippen LogP contribution >= 0.6 is 0 Å². The van der Waals surface area contributed by atoms with E-state index in [2.05, 4.69) is 4.74 Å². The second-order valence-corrected chi connectivity index (χ2v) is 4.28. The Balaban J connectivity index is 2.33. The minimum Gasteiger partial charge on any atom is -0.467 e. The van der Waals surface area contributed by atoms with Crippen LogP contribution in [0.25, 0.3) is 0 Å². The Hall–Kier alpha value is -0.980. The number of rotatable bonds is 7. The highest BCUT2D eigenvalue weighted by Gasteiger charge is 2.42. The minimum absolute atomic E-state index is 0.0964. The number of methoxy groups -OCH3 is 1. The Morgan fingerprint density at radius 3 is 2.72 bits per heavy atom. The van der Waals surface area contributed by atoms with E-state index in [-0.39, 0.29) is 12.7 Å². The Morgan fingerprint density at radius 2 is 2.17 bits per heavy atom. The zero-order valence-electron chi connectivity index (χ0n) is 11.0. The maximum atomic E-state index is 10.9. The van der Waals surface area contributed by atoms with E-state index in [1.165, 1.54) is 7.11 Å². The molecule has 6 heteroatoms. The van der Waals surface area contributed by atoms with E-state index in [4.69, 9.17) is 14.2 Å². The first-order chi connectivity index (χ1) is 8.54. The lowest BCUT2D eigenvalue weighted by Crippen LogP contribution is -2.26. The van der Waals surface area contributed by atoms with Gasteiger partial charge in [0.1, 0.15) is 12.7 Å². The molecule has 1 aliphatic rings. The van der Waals surface area contributed by atoms with Crippen molar-refractivity contribution >= 4 is 12.3 Å². The van der Waals surface area contributed by atoms with Gasteiger partial charge in [-0.1, -0.05) is 6.92 Å². The summed E-state index contributed by atoms with van der Waals surface area (Å²) in [4.78, 5) is 21.7. The summed E-state index contributed by atoms with van der Waals surface area (Å²) in [5.74, 6) is -1.14. The maximum absolute atomic E-state index is 10.9. The fourth-order valence-electron chi connectivity index (χ4n) is 1.70. The summed E-state index contributed by atoms with van der Waals surface area (Å²) in [7, 11) is 1.30. The smallest absolute Gasteiger partial charge is 0.331 e. The van der Waals surface area contributed by atoms with Gasteiger partial charge < -0.3 is 23.7 Å². The lowest BCUT2D eigenvalue weighted by Gasteiger charge is -2.20. The zero-order chi connectivity index (χ0) is 13.6. The molecule has 0 spiro atoms. The van der Waals surface area contributed by atoms with Gasteiger partial charge in [0, 0.05) is 13.0 Å². The third-order valence-corrected chi connectivity index (χ3v) is 2.92. The van der Waals surface area contributed by atoms with Crippen molar-refractivity contribution in [3.63, 3.8) is 0 Å². The molecule has 18 heavy (non-hydrogen) atoms. The summed E-state index contributed by atoms with van der Waals surface area (Å²) in [5.41, 5.74) is 0. The van der Waals surface area contributed by atoms with Gasteiger partial charge in [-0.25, -0.2) is 4.79 Å². The first-order valence-corrected chi connectivity index (χ1v) is 6.00. The molecule has 1 aliphatic heterocycles. The van der Waals surface area contributed by atoms with Crippen LogP contribution in [-0.2, 0) is 28.5 Å². The highest BCUT2D eigenvalue weighted by Crippen LogP contribution is 2.31. The Labute approximate surface area is 107 Å². The molecule has 0 aromatic heterocycles. The van der Waals surface area contributed by atoms with Gasteiger partial charge in [0.25, 0.3) is 0 Å². The van der Waals surface area contributed by atoms with E-state index < -0.39 is 17.9 Å². The van der Waals surface area contributed by atoms with Crippen LogP contribution in [0, 0.1) is 0 Å². The van der Waals surface area contributed by atoms with E-state index in [9.17, 15) is 9.59 Å². The van der Waals surface area contributed by atoms with Crippen molar-refractivity contribution in [3.05, 3.63) is 0 Å². The van der Waals surface area contributed by atoms with Crippen LogP contribution < -0.4 is 0 Å². The van der Waals surface area contributed by atoms with Gasteiger partial charge in [-0.2, -0.15) is 0 Å². The Bertz CT molecular complexity index is 292. The molecule has 0 N–H and O–H groups in total. The molecule has 1 unspecified atom stereocenters. The Kier molecular flexibility index (Phi) is 5.71. The van der Waals surface area contributed by atoms with E-state index in [0.717, 1.165) is 6.29 Å². The van der Waals surface area contributed by atoms with Crippen LogP contribution in [0.5, 0.6) is 0 Å². The summed E-state index contributed by atoms with van der Waals surface area (Å²) in [6, 6.07) is 0. The lowest BCUT2D eigenvalue weighted by molar-refractivity contribution is -0.165. The quantitative estimate of drug-likeness (QED) is 0.381. The topological polar surface area (TPSA) is 71.1 Å². The van der Waals surface area contributed by atoms with Crippen LogP contribution in [0.15, 0.2) is 0 Å². The van der Waals surface area contributed by atoms with Crippen molar-refractivity contribution in [2.45, 2.75) is 44.7 Å². The number of aldehydes is 1. The molecule has 0 saturated carbocycles. The largest absolute Gasteiger partial charge is 0.467 e. The van der Waals surface area contributed by atoms with E-state index in [1.807, 2.05) is 6.92 Å². The number of ether oxygens (including phenoxy) is 4. The van der Waals surface area contributed by atoms with Crippen molar-refractivity contribution in [3.8, 4) is 0 Å². The van der Waals surface area contributed by atoms with Crippen LogP contribution in [0.4, 0.5) is 0 Å². The molecule has 3 atom stereocenters. The normalized spacial score (nSPS) is 31.3. The third-order valence-electron chi connectivity index (χ3n) is 2.92. The van der Waals surface area contributed by atoms with Gasteiger partial charge in [-0.15, -0.1) is 0 Å². The molecule has 0 radical (unpaired) electrons. The summed E-state index contributed by atoms with van der Waals surface area (Å²) < 4.78 is 20.8. The van der Waals surface area contributed by atoms with Crippen molar-refractivity contribution in [2.24, 2.45) is 0 Å². The fraction of sp³-hybridized carbons (Fsp3) is 0.833. The summed E-state index contributed by atoms with van der Waals surface area (Å²) in [6.45, 7) is 3.95.